The number of aryl methyl sites for hydroxylation is 2. The molecule has 2 heterocycles. The molecule has 0 aliphatic carbocycles. The predicted molar refractivity (Wildman–Crippen MR) is 107 cm³/mol. The number of nitrogens with zero attached hydrogens (tertiary/aromatic N) is 4. The van der Waals surface area contributed by atoms with Gasteiger partial charge < -0.3 is 4.74 Å². The zero-order chi connectivity index (χ0) is 19.8. The third-order valence-electron chi connectivity index (χ3n) is 4.86. The molecule has 2 aromatic heterocycles. The quantitative estimate of drug-likeness (QED) is 0.549. The van der Waals surface area contributed by atoms with Gasteiger partial charge in [-0.1, -0.05) is 42.5 Å². The Morgan fingerprint density at radius 3 is 2.32 bits per heavy atom. The van der Waals surface area contributed by atoms with Crippen LogP contribution in [0.2, 0.25) is 0 Å². The van der Waals surface area contributed by atoms with E-state index in [1.54, 1.807) is 11.6 Å². The minimum Gasteiger partial charge on any atom is -0.425 e. The van der Waals surface area contributed by atoms with Gasteiger partial charge in [-0.3, -0.25) is 18.5 Å². The SMILES string of the molecule is Cc1ccccc1Cn1c(Oc2ccccc2)nc2c1c(=O)n(C)c(=O)n2C. The number of imidazole rings is 1. The molecule has 28 heavy (non-hydrogen) atoms. The van der Waals surface area contributed by atoms with E-state index in [2.05, 4.69) is 4.98 Å². The first-order valence-corrected chi connectivity index (χ1v) is 8.91. The molecule has 0 bridgehead atoms. The van der Waals surface area contributed by atoms with Gasteiger partial charge in [0.05, 0.1) is 6.54 Å². The second-order valence-corrected chi connectivity index (χ2v) is 6.70. The van der Waals surface area contributed by atoms with Crippen LogP contribution in [0.5, 0.6) is 11.8 Å². The first kappa shape index (κ1) is 17.8. The molecule has 0 atom stereocenters. The van der Waals surface area contributed by atoms with Crippen LogP contribution in [0.3, 0.4) is 0 Å². The molecule has 4 rings (SSSR count). The van der Waals surface area contributed by atoms with Gasteiger partial charge in [-0.2, -0.15) is 4.98 Å². The van der Waals surface area contributed by atoms with Crippen LogP contribution in [0.15, 0.2) is 64.2 Å². The van der Waals surface area contributed by atoms with Gasteiger partial charge in [0.2, 0.25) is 0 Å². The van der Waals surface area contributed by atoms with Crippen molar-refractivity contribution in [1.82, 2.24) is 18.7 Å². The maximum atomic E-state index is 12.9. The van der Waals surface area contributed by atoms with Gasteiger partial charge in [0, 0.05) is 14.1 Å². The lowest BCUT2D eigenvalue weighted by Gasteiger charge is -2.12. The molecular weight excluding hydrogens is 356 g/mol. The van der Waals surface area contributed by atoms with E-state index in [1.807, 2.05) is 61.5 Å². The highest BCUT2D eigenvalue weighted by molar-refractivity contribution is 5.72. The Hall–Kier alpha value is -3.61. The van der Waals surface area contributed by atoms with E-state index in [1.165, 1.54) is 11.6 Å². The maximum absolute atomic E-state index is 12.9. The summed E-state index contributed by atoms with van der Waals surface area (Å²) >= 11 is 0. The monoisotopic (exact) mass is 376 g/mol. The molecule has 0 unspecified atom stereocenters. The molecule has 7 nitrogen and oxygen atoms in total. The van der Waals surface area contributed by atoms with Crippen LogP contribution in [0.4, 0.5) is 0 Å². The molecule has 0 aliphatic heterocycles. The first-order valence-electron chi connectivity index (χ1n) is 8.91. The number of fused-ring (bicyclic) bond motifs is 1. The Bertz CT molecular complexity index is 1280. The Labute approximate surface area is 161 Å². The Morgan fingerprint density at radius 1 is 0.929 bits per heavy atom. The van der Waals surface area contributed by atoms with Crippen molar-refractivity contribution >= 4 is 11.2 Å². The van der Waals surface area contributed by atoms with E-state index < -0.39 is 11.2 Å². The van der Waals surface area contributed by atoms with E-state index in [9.17, 15) is 9.59 Å². The number of hydrogen-bond acceptors (Lipinski definition) is 4. The normalized spacial score (nSPS) is 11.1. The van der Waals surface area contributed by atoms with Crippen LogP contribution in [-0.2, 0) is 20.6 Å². The smallest absolute Gasteiger partial charge is 0.332 e. The lowest BCUT2D eigenvalue weighted by molar-refractivity contribution is 0.421. The van der Waals surface area contributed by atoms with Crippen molar-refractivity contribution in [1.29, 1.82) is 0 Å². The fourth-order valence-corrected chi connectivity index (χ4v) is 3.20. The van der Waals surface area contributed by atoms with E-state index in [4.69, 9.17) is 4.74 Å². The minimum absolute atomic E-state index is 0.266. The highest BCUT2D eigenvalue weighted by Crippen LogP contribution is 2.25. The lowest BCUT2D eigenvalue weighted by atomic mass is 10.1. The molecule has 0 saturated carbocycles. The van der Waals surface area contributed by atoms with Crippen LogP contribution < -0.4 is 16.0 Å². The molecule has 0 N–H and O–H groups in total. The molecule has 0 radical (unpaired) electrons. The largest absolute Gasteiger partial charge is 0.425 e. The zero-order valence-corrected chi connectivity index (χ0v) is 15.9. The average Bonchev–Trinajstić information content (AvgIpc) is 3.05. The molecule has 0 saturated heterocycles. The van der Waals surface area contributed by atoms with Gasteiger partial charge >= 0.3 is 11.7 Å². The predicted octanol–water partition coefficient (Wildman–Crippen LogP) is 2.58. The zero-order valence-electron chi connectivity index (χ0n) is 15.9. The summed E-state index contributed by atoms with van der Waals surface area (Å²) in [5, 5.41) is 0. The molecular formula is C21H20N4O3. The standard InChI is InChI=1S/C21H20N4O3/c1-14-9-7-8-10-15(14)13-25-17-18(23(2)21(27)24(3)19(17)26)22-20(25)28-16-11-5-4-6-12-16/h4-12H,13H2,1-3H3. The highest BCUT2D eigenvalue weighted by atomic mass is 16.5. The molecule has 0 spiro atoms. The van der Waals surface area contributed by atoms with E-state index in [0.29, 0.717) is 23.5 Å². The second kappa shape index (κ2) is 6.84. The molecule has 4 aromatic rings. The summed E-state index contributed by atoms with van der Waals surface area (Å²) in [6.45, 7) is 2.42. The van der Waals surface area contributed by atoms with Crippen LogP contribution in [0.25, 0.3) is 11.2 Å². The van der Waals surface area contributed by atoms with Crippen molar-refractivity contribution in [3.63, 3.8) is 0 Å². The van der Waals surface area contributed by atoms with Crippen molar-refractivity contribution in [2.24, 2.45) is 14.1 Å². The molecule has 0 fully saturated rings. The Balaban J connectivity index is 1.98. The van der Waals surface area contributed by atoms with Crippen molar-refractivity contribution in [3.05, 3.63) is 86.6 Å². The molecule has 0 amide bonds. The summed E-state index contributed by atoms with van der Waals surface area (Å²) in [6.07, 6.45) is 0. The second-order valence-electron chi connectivity index (χ2n) is 6.70. The number of para-hydroxylation sites is 1. The number of hydrogen-bond donors (Lipinski definition) is 0. The van der Waals surface area contributed by atoms with Gasteiger partial charge in [-0.15, -0.1) is 0 Å². The van der Waals surface area contributed by atoms with E-state index >= 15 is 0 Å². The fraction of sp³-hybridized carbons (Fsp3) is 0.190. The minimum atomic E-state index is -0.427. The Morgan fingerprint density at radius 2 is 1.61 bits per heavy atom. The van der Waals surface area contributed by atoms with Crippen molar-refractivity contribution in [2.75, 3.05) is 0 Å². The van der Waals surface area contributed by atoms with E-state index in [-0.39, 0.29) is 6.01 Å². The summed E-state index contributed by atoms with van der Waals surface area (Å²) in [5.74, 6) is 0.602. The van der Waals surface area contributed by atoms with Gasteiger partial charge in [-0.25, -0.2) is 4.79 Å². The highest BCUT2D eigenvalue weighted by Gasteiger charge is 2.21. The van der Waals surface area contributed by atoms with Crippen LogP contribution >= 0.6 is 0 Å². The summed E-state index contributed by atoms with van der Waals surface area (Å²) in [5.41, 5.74) is 1.94. The topological polar surface area (TPSA) is 71.1 Å². The maximum Gasteiger partial charge on any atom is 0.332 e. The first-order chi connectivity index (χ1) is 13.5. The summed E-state index contributed by atoms with van der Waals surface area (Å²) in [4.78, 5) is 29.7. The molecule has 0 aliphatic rings. The van der Waals surface area contributed by atoms with Gasteiger partial charge in [0.15, 0.2) is 11.2 Å². The van der Waals surface area contributed by atoms with Crippen LogP contribution in [-0.4, -0.2) is 18.7 Å². The molecule has 142 valence electrons. The van der Waals surface area contributed by atoms with E-state index in [0.717, 1.165) is 15.7 Å². The summed E-state index contributed by atoms with van der Waals surface area (Å²) < 4.78 is 10.2. The third-order valence-corrected chi connectivity index (χ3v) is 4.86. The number of ether oxygens (including phenoxy) is 1. The van der Waals surface area contributed by atoms with Crippen molar-refractivity contribution in [2.45, 2.75) is 13.5 Å². The van der Waals surface area contributed by atoms with Gasteiger partial charge in [0.25, 0.3) is 5.56 Å². The van der Waals surface area contributed by atoms with Gasteiger partial charge in [-0.05, 0) is 30.2 Å². The summed E-state index contributed by atoms with van der Waals surface area (Å²) in [6, 6.07) is 17.4. The number of rotatable bonds is 4. The summed E-state index contributed by atoms with van der Waals surface area (Å²) in [7, 11) is 3.06. The van der Waals surface area contributed by atoms with Crippen LogP contribution in [0, 0.1) is 6.92 Å². The van der Waals surface area contributed by atoms with Gasteiger partial charge in [0.1, 0.15) is 5.75 Å². The fourth-order valence-electron chi connectivity index (χ4n) is 3.20. The average molecular weight is 376 g/mol. The Kier molecular flexibility index (Phi) is 4.35. The lowest BCUT2D eigenvalue weighted by Crippen LogP contribution is -2.37. The molecule has 7 heteroatoms. The third kappa shape index (κ3) is 2.90. The van der Waals surface area contributed by atoms with Crippen molar-refractivity contribution < 1.29 is 4.74 Å². The molecule has 2 aromatic carbocycles. The number of benzene rings is 2. The number of aromatic nitrogens is 4. The van der Waals surface area contributed by atoms with Crippen LogP contribution in [0.1, 0.15) is 11.1 Å². The van der Waals surface area contributed by atoms with Crippen molar-refractivity contribution in [3.8, 4) is 11.8 Å².